The molecule has 1 aromatic heterocycles. The number of rotatable bonds is 11. The molecule has 0 saturated heterocycles. The van der Waals surface area contributed by atoms with Crippen LogP contribution in [0.2, 0.25) is 0 Å². The van der Waals surface area contributed by atoms with E-state index in [0.717, 1.165) is 39.5 Å². The molecule has 0 aliphatic rings. The number of hydrogen-bond acceptors (Lipinski definition) is 4. The van der Waals surface area contributed by atoms with Crippen LogP contribution in [0.25, 0.3) is 0 Å². The van der Waals surface area contributed by atoms with Crippen LogP contribution in [0.3, 0.4) is 0 Å². The van der Waals surface area contributed by atoms with Gasteiger partial charge < -0.3 is 5.32 Å². The van der Waals surface area contributed by atoms with Gasteiger partial charge in [-0.1, -0.05) is 78.9 Å². The van der Waals surface area contributed by atoms with Gasteiger partial charge in [0.15, 0.2) is 0 Å². The maximum Gasteiger partial charge on any atom is 0.416 e. The first kappa shape index (κ1) is 27.1. The van der Waals surface area contributed by atoms with Crippen molar-refractivity contribution in [2.75, 3.05) is 6.54 Å². The molecule has 0 aliphatic carbocycles. The van der Waals surface area contributed by atoms with Crippen LogP contribution in [-0.4, -0.2) is 15.0 Å². The zero-order chi connectivity index (χ0) is 26.3. The molecule has 1 heterocycles. The van der Waals surface area contributed by atoms with Crippen molar-refractivity contribution in [3.8, 4) is 0 Å². The summed E-state index contributed by atoms with van der Waals surface area (Å²) >= 11 is 1.14. The third-order valence-electron chi connectivity index (χ3n) is 5.91. The molecule has 2 N–H and O–H groups in total. The predicted octanol–water partition coefficient (Wildman–Crippen LogP) is 6.56. The zero-order valence-corrected chi connectivity index (χ0v) is 21.5. The molecule has 0 aliphatic heterocycles. The number of hydrogen-bond donors (Lipinski definition) is 2. The SMILES string of the molecule is O=S(=O)(NCCC(c1ccccc1)c1ccccc1)c1ccc(CNCc2cccc(C(F)(F)F)c2)s1. The van der Waals surface area contributed by atoms with Crippen molar-refractivity contribution >= 4 is 21.4 Å². The van der Waals surface area contributed by atoms with E-state index >= 15 is 0 Å². The van der Waals surface area contributed by atoms with E-state index in [1.165, 1.54) is 6.07 Å². The summed E-state index contributed by atoms with van der Waals surface area (Å²) < 4.78 is 67.4. The maximum atomic E-state index is 12.9. The fourth-order valence-corrected chi connectivity index (χ4v) is 6.51. The van der Waals surface area contributed by atoms with Crippen LogP contribution in [0, 0.1) is 0 Å². The highest BCUT2D eigenvalue weighted by molar-refractivity contribution is 7.91. The summed E-state index contributed by atoms with van der Waals surface area (Å²) in [6.45, 7) is 0.862. The van der Waals surface area contributed by atoms with Crippen molar-refractivity contribution in [3.63, 3.8) is 0 Å². The molecule has 0 amide bonds. The minimum absolute atomic E-state index is 0.0593. The van der Waals surface area contributed by atoms with Gasteiger partial charge in [0, 0.05) is 30.4 Å². The number of nitrogens with one attached hydrogen (secondary N) is 2. The quantitative estimate of drug-likeness (QED) is 0.225. The lowest BCUT2D eigenvalue weighted by molar-refractivity contribution is -0.137. The average Bonchev–Trinajstić information content (AvgIpc) is 3.37. The second kappa shape index (κ2) is 12.0. The summed E-state index contributed by atoms with van der Waals surface area (Å²) in [5, 5.41) is 3.08. The van der Waals surface area contributed by atoms with Crippen molar-refractivity contribution in [3.05, 3.63) is 124 Å². The van der Waals surface area contributed by atoms with Crippen molar-refractivity contribution in [2.45, 2.75) is 35.8 Å². The summed E-state index contributed by atoms with van der Waals surface area (Å²) in [4.78, 5) is 0.777. The van der Waals surface area contributed by atoms with Crippen molar-refractivity contribution in [1.82, 2.24) is 10.0 Å². The van der Waals surface area contributed by atoms with E-state index in [2.05, 4.69) is 10.0 Å². The van der Waals surface area contributed by atoms with Gasteiger partial charge in [0.2, 0.25) is 10.0 Å². The van der Waals surface area contributed by atoms with Gasteiger partial charge in [-0.15, -0.1) is 11.3 Å². The van der Waals surface area contributed by atoms with E-state index in [4.69, 9.17) is 0 Å². The molecule has 3 aromatic carbocycles. The van der Waals surface area contributed by atoms with Gasteiger partial charge >= 0.3 is 6.18 Å². The van der Waals surface area contributed by atoms with Gasteiger partial charge in [-0.05, 0) is 41.3 Å². The molecule has 0 unspecified atom stereocenters. The Kier molecular flexibility index (Phi) is 8.81. The number of benzene rings is 3. The highest BCUT2D eigenvalue weighted by atomic mass is 32.2. The normalized spacial score (nSPS) is 12.2. The fourth-order valence-electron chi connectivity index (χ4n) is 4.09. The second-order valence-electron chi connectivity index (χ2n) is 8.58. The first-order valence-electron chi connectivity index (χ1n) is 11.8. The molecule has 4 nitrogen and oxygen atoms in total. The van der Waals surface area contributed by atoms with Crippen LogP contribution < -0.4 is 10.0 Å². The van der Waals surface area contributed by atoms with Crippen LogP contribution >= 0.6 is 11.3 Å². The van der Waals surface area contributed by atoms with E-state index < -0.39 is 21.8 Å². The maximum absolute atomic E-state index is 12.9. The highest BCUT2D eigenvalue weighted by Crippen LogP contribution is 2.30. The third-order valence-corrected chi connectivity index (χ3v) is 8.95. The molecule has 4 aromatic rings. The van der Waals surface area contributed by atoms with Gasteiger partial charge in [0.1, 0.15) is 4.21 Å². The Labute approximate surface area is 219 Å². The minimum Gasteiger partial charge on any atom is -0.308 e. The fraction of sp³-hybridized carbons (Fsp3) is 0.214. The second-order valence-corrected chi connectivity index (χ2v) is 11.7. The number of sulfonamides is 1. The van der Waals surface area contributed by atoms with Crippen molar-refractivity contribution in [1.29, 1.82) is 0 Å². The van der Waals surface area contributed by atoms with Gasteiger partial charge in [0.25, 0.3) is 0 Å². The molecule has 9 heteroatoms. The first-order chi connectivity index (χ1) is 17.7. The lowest BCUT2D eigenvalue weighted by Crippen LogP contribution is -2.25. The predicted molar refractivity (Wildman–Crippen MR) is 141 cm³/mol. The molecule has 0 spiro atoms. The Bertz CT molecular complexity index is 1350. The van der Waals surface area contributed by atoms with E-state index in [1.54, 1.807) is 18.2 Å². The largest absolute Gasteiger partial charge is 0.416 e. The molecule has 37 heavy (non-hydrogen) atoms. The molecule has 194 valence electrons. The van der Waals surface area contributed by atoms with E-state index in [1.807, 2.05) is 60.7 Å². The van der Waals surface area contributed by atoms with Gasteiger partial charge in [0.05, 0.1) is 5.56 Å². The molecular weight excluding hydrogens is 517 g/mol. The zero-order valence-electron chi connectivity index (χ0n) is 19.9. The Morgan fingerprint density at radius 1 is 0.784 bits per heavy atom. The molecule has 0 bridgehead atoms. The van der Waals surface area contributed by atoms with E-state index in [0.29, 0.717) is 18.5 Å². The topological polar surface area (TPSA) is 58.2 Å². The minimum atomic E-state index is -4.39. The molecular formula is C28H27F3N2O2S2. The average molecular weight is 545 g/mol. The summed E-state index contributed by atoms with van der Waals surface area (Å²) in [5.41, 5.74) is 2.06. The van der Waals surface area contributed by atoms with Crippen LogP contribution in [0.5, 0.6) is 0 Å². The monoisotopic (exact) mass is 544 g/mol. The summed E-state index contributed by atoms with van der Waals surface area (Å²) in [6.07, 6.45) is -3.79. The highest BCUT2D eigenvalue weighted by Gasteiger charge is 2.30. The van der Waals surface area contributed by atoms with Crippen LogP contribution in [-0.2, 0) is 29.3 Å². The third kappa shape index (κ3) is 7.52. The Morgan fingerprint density at radius 2 is 1.43 bits per heavy atom. The summed E-state index contributed by atoms with van der Waals surface area (Å²) in [6, 6.07) is 28.4. The smallest absolute Gasteiger partial charge is 0.308 e. The van der Waals surface area contributed by atoms with E-state index in [9.17, 15) is 21.6 Å². The van der Waals surface area contributed by atoms with Crippen LogP contribution in [0.15, 0.2) is 101 Å². The Balaban J connectivity index is 1.33. The lowest BCUT2D eigenvalue weighted by atomic mass is 9.89. The molecule has 0 radical (unpaired) electrons. The summed E-state index contributed by atoms with van der Waals surface area (Å²) in [7, 11) is -3.68. The Hall–Kier alpha value is -2.98. The standard InChI is InChI=1S/C28H27F3N2O2S2/c29-28(30,31)24-13-7-8-21(18-24)19-32-20-25-14-15-27(36-25)37(34,35)33-17-16-26(22-9-3-1-4-10-22)23-11-5-2-6-12-23/h1-15,18,26,32-33H,16-17,19-20H2. The van der Waals surface area contributed by atoms with E-state index in [-0.39, 0.29) is 23.2 Å². The number of alkyl halides is 3. The van der Waals surface area contributed by atoms with Crippen LogP contribution in [0.1, 0.15) is 39.5 Å². The molecule has 0 fully saturated rings. The first-order valence-corrected chi connectivity index (χ1v) is 14.1. The number of thiophene rings is 1. The van der Waals surface area contributed by atoms with Gasteiger partial charge in [-0.3, -0.25) is 0 Å². The van der Waals surface area contributed by atoms with Crippen molar-refractivity contribution in [2.24, 2.45) is 0 Å². The van der Waals surface area contributed by atoms with Crippen molar-refractivity contribution < 1.29 is 21.6 Å². The molecule has 0 atom stereocenters. The lowest BCUT2D eigenvalue weighted by Gasteiger charge is -2.18. The van der Waals surface area contributed by atoms with Crippen LogP contribution in [0.4, 0.5) is 13.2 Å². The summed E-state index contributed by atoms with van der Waals surface area (Å²) in [5.74, 6) is 0.0593. The molecule has 4 rings (SSSR count). The Morgan fingerprint density at radius 3 is 2.05 bits per heavy atom. The molecule has 0 saturated carbocycles. The van der Waals surface area contributed by atoms with Gasteiger partial charge in [-0.2, -0.15) is 13.2 Å². The van der Waals surface area contributed by atoms with Gasteiger partial charge in [-0.25, -0.2) is 13.1 Å². The number of halogens is 3.